The highest BCUT2D eigenvalue weighted by molar-refractivity contribution is 6.31. The van der Waals surface area contributed by atoms with Crippen molar-refractivity contribution >= 4 is 17.6 Å². The summed E-state index contributed by atoms with van der Waals surface area (Å²) in [5.41, 5.74) is 7.85. The number of halogens is 1. The molecule has 0 aromatic heterocycles. The van der Waals surface area contributed by atoms with Gasteiger partial charge in [-0.1, -0.05) is 23.7 Å². The second-order valence-corrected chi connectivity index (χ2v) is 5.16. The molecule has 0 bridgehead atoms. The van der Waals surface area contributed by atoms with E-state index in [2.05, 4.69) is 0 Å². The Hall–Kier alpha value is -1.06. The molecule has 1 aliphatic carbocycles. The molecule has 2 rings (SSSR count). The summed E-state index contributed by atoms with van der Waals surface area (Å²) >= 11 is 6.20. The summed E-state index contributed by atoms with van der Waals surface area (Å²) in [4.78, 5) is 11.7. The number of nitrogens with two attached hydrogens (primary N) is 1. The maximum absolute atomic E-state index is 11.7. The van der Waals surface area contributed by atoms with E-state index in [4.69, 9.17) is 22.1 Å². The van der Waals surface area contributed by atoms with Crippen LogP contribution in [0.3, 0.4) is 0 Å². The maximum atomic E-state index is 11.7. The molecule has 1 aromatic carbocycles. The molecule has 18 heavy (non-hydrogen) atoms. The standard InChI is InChI=1S/C14H18ClNO2/c1-2-18-13(17)9-14(16)8-4-5-10-11(14)6-3-7-12(10)15/h3,6-7H,2,4-5,8-9,16H2,1H3. The Bertz CT molecular complexity index is 461. The zero-order chi connectivity index (χ0) is 13.2. The van der Waals surface area contributed by atoms with Crippen LogP contribution in [0.25, 0.3) is 0 Å². The van der Waals surface area contributed by atoms with Gasteiger partial charge in [0.1, 0.15) is 0 Å². The molecule has 3 nitrogen and oxygen atoms in total. The number of esters is 1. The van der Waals surface area contributed by atoms with Gasteiger partial charge in [0.25, 0.3) is 0 Å². The van der Waals surface area contributed by atoms with Gasteiger partial charge in [0.15, 0.2) is 0 Å². The first-order chi connectivity index (χ1) is 8.57. The molecular weight excluding hydrogens is 250 g/mol. The third-order valence-electron chi connectivity index (χ3n) is 3.47. The highest BCUT2D eigenvalue weighted by Crippen LogP contribution is 2.38. The van der Waals surface area contributed by atoms with E-state index in [-0.39, 0.29) is 12.4 Å². The van der Waals surface area contributed by atoms with Crippen molar-refractivity contribution in [3.8, 4) is 0 Å². The fraction of sp³-hybridized carbons (Fsp3) is 0.500. The molecule has 0 aliphatic heterocycles. The van der Waals surface area contributed by atoms with Crippen LogP contribution in [0.15, 0.2) is 18.2 Å². The van der Waals surface area contributed by atoms with E-state index in [0.717, 1.165) is 35.4 Å². The van der Waals surface area contributed by atoms with Crippen molar-refractivity contribution < 1.29 is 9.53 Å². The molecule has 1 unspecified atom stereocenters. The number of benzene rings is 1. The summed E-state index contributed by atoms with van der Waals surface area (Å²) < 4.78 is 5.00. The van der Waals surface area contributed by atoms with Crippen LogP contribution in [-0.4, -0.2) is 12.6 Å². The topological polar surface area (TPSA) is 52.3 Å². The number of hydrogen-bond acceptors (Lipinski definition) is 3. The van der Waals surface area contributed by atoms with Gasteiger partial charge in [-0.15, -0.1) is 0 Å². The Balaban J connectivity index is 2.31. The quantitative estimate of drug-likeness (QED) is 0.857. The lowest BCUT2D eigenvalue weighted by molar-refractivity contribution is -0.144. The molecule has 98 valence electrons. The van der Waals surface area contributed by atoms with Gasteiger partial charge in [-0.2, -0.15) is 0 Å². The van der Waals surface area contributed by atoms with Gasteiger partial charge >= 0.3 is 5.97 Å². The summed E-state index contributed by atoms with van der Waals surface area (Å²) in [6.07, 6.45) is 2.89. The molecular formula is C14H18ClNO2. The van der Waals surface area contributed by atoms with Gasteiger partial charge in [0.05, 0.1) is 18.6 Å². The van der Waals surface area contributed by atoms with Gasteiger partial charge in [-0.25, -0.2) is 0 Å². The zero-order valence-electron chi connectivity index (χ0n) is 10.5. The average Bonchev–Trinajstić information content (AvgIpc) is 2.31. The Morgan fingerprint density at radius 2 is 2.33 bits per heavy atom. The monoisotopic (exact) mass is 267 g/mol. The number of hydrogen-bond donors (Lipinski definition) is 1. The lowest BCUT2D eigenvalue weighted by atomic mass is 9.75. The van der Waals surface area contributed by atoms with E-state index in [0.29, 0.717) is 6.61 Å². The van der Waals surface area contributed by atoms with Crippen LogP contribution < -0.4 is 5.73 Å². The van der Waals surface area contributed by atoms with Gasteiger partial charge in [0.2, 0.25) is 0 Å². The summed E-state index contributed by atoms with van der Waals surface area (Å²) in [5, 5.41) is 0.742. The highest BCUT2D eigenvalue weighted by Gasteiger charge is 2.35. The lowest BCUT2D eigenvalue weighted by Crippen LogP contribution is -2.42. The number of ether oxygens (including phenoxy) is 1. The largest absolute Gasteiger partial charge is 0.466 e. The molecule has 0 saturated carbocycles. The molecule has 0 radical (unpaired) electrons. The van der Waals surface area contributed by atoms with E-state index < -0.39 is 5.54 Å². The van der Waals surface area contributed by atoms with Crippen LogP contribution in [0.1, 0.15) is 37.3 Å². The predicted molar refractivity (Wildman–Crippen MR) is 71.5 cm³/mol. The van der Waals surface area contributed by atoms with E-state index in [1.54, 1.807) is 6.92 Å². The number of rotatable bonds is 3. The molecule has 0 heterocycles. The lowest BCUT2D eigenvalue weighted by Gasteiger charge is -2.35. The zero-order valence-corrected chi connectivity index (χ0v) is 11.3. The Labute approximate surface area is 112 Å². The number of carbonyl (C=O) groups is 1. The molecule has 4 heteroatoms. The predicted octanol–water partition coefficient (Wildman–Crippen LogP) is 2.78. The summed E-state index contributed by atoms with van der Waals surface area (Å²) in [6, 6.07) is 5.73. The SMILES string of the molecule is CCOC(=O)CC1(N)CCCc2c(Cl)cccc21. The van der Waals surface area contributed by atoms with Crippen molar-refractivity contribution in [2.24, 2.45) is 5.73 Å². The first-order valence-electron chi connectivity index (χ1n) is 6.29. The Morgan fingerprint density at radius 3 is 3.06 bits per heavy atom. The first kappa shape index (κ1) is 13.4. The van der Waals surface area contributed by atoms with Crippen molar-refractivity contribution in [3.63, 3.8) is 0 Å². The number of carbonyl (C=O) groups excluding carboxylic acids is 1. The van der Waals surface area contributed by atoms with Gasteiger partial charge in [-0.05, 0) is 43.4 Å². The van der Waals surface area contributed by atoms with Crippen molar-refractivity contribution in [2.75, 3.05) is 6.61 Å². The normalized spacial score (nSPS) is 22.4. The summed E-state index contributed by atoms with van der Waals surface area (Å²) in [5.74, 6) is -0.243. The van der Waals surface area contributed by atoms with E-state index in [9.17, 15) is 4.79 Å². The van der Waals surface area contributed by atoms with Crippen molar-refractivity contribution in [1.82, 2.24) is 0 Å². The van der Waals surface area contributed by atoms with Crippen LogP contribution in [0.4, 0.5) is 0 Å². The fourth-order valence-corrected chi connectivity index (χ4v) is 2.92. The van der Waals surface area contributed by atoms with E-state index >= 15 is 0 Å². The first-order valence-corrected chi connectivity index (χ1v) is 6.67. The minimum Gasteiger partial charge on any atom is -0.466 e. The van der Waals surface area contributed by atoms with Crippen LogP contribution in [0.2, 0.25) is 5.02 Å². The third-order valence-corrected chi connectivity index (χ3v) is 3.82. The van der Waals surface area contributed by atoms with Crippen LogP contribution in [0.5, 0.6) is 0 Å². The minimum atomic E-state index is -0.634. The molecule has 1 aliphatic rings. The Kier molecular flexibility index (Phi) is 3.93. The van der Waals surface area contributed by atoms with Gasteiger partial charge in [0, 0.05) is 5.02 Å². The van der Waals surface area contributed by atoms with Crippen molar-refractivity contribution in [2.45, 2.75) is 38.1 Å². The average molecular weight is 268 g/mol. The van der Waals surface area contributed by atoms with Crippen molar-refractivity contribution in [1.29, 1.82) is 0 Å². The summed E-state index contributed by atoms with van der Waals surface area (Å²) in [6.45, 7) is 2.18. The fourth-order valence-electron chi connectivity index (χ4n) is 2.65. The van der Waals surface area contributed by atoms with E-state index in [1.807, 2.05) is 18.2 Å². The smallest absolute Gasteiger partial charge is 0.307 e. The van der Waals surface area contributed by atoms with Gasteiger partial charge in [-0.3, -0.25) is 4.79 Å². The maximum Gasteiger partial charge on any atom is 0.307 e. The second kappa shape index (κ2) is 5.29. The second-order valence-electron chi connectivity index (χ2n) is 4.76. The molecule has 2 N–H and O–H groups in total. The molecule has 0 amide bonds. The minimum absolute atomic E-state index is 0.216. The molecule has 1 aromatic rings. The highest BCUT2D eigenvalue weighted by atomic mass is 35.5. The molecule has 0 spiro atoms. The van der Waals surface area contributed by atoms with E-state index in [1.165, 1.54) is 0 Å². The van der Waals surface area contributed by atoms with Gasteiger partial charge < -0.3 is 10.5 Å². The Morgan fingerprint density at radius 1 is 1.56 bits per heavy atom. The van der Waals surface area contributed by atoms with Crippen LogP contribution in [-0.2, 0) is 21.5 Å². The van der Waals surface area contributed by atoms with Crippen LogP contribution in [0, 0.1) is 0 Å². The number of fused-ring (bicyclic) bond motifs is 1. The molecule has 0 fully saturated rings. The third kappa shape index (κ3) is 2.52. The summed E-state index contributed by atoms with van der Waals surface area (Å²) in [7, 11) is 0. The van der Waals surface area contributed by atoms with Crippen LogP contribution >= 0.6 is 11.6 Å². The van der Waals surface area contributed by atoms with Crippen molar-refractivity contribution in [3.05, 3.63) is 34.3 Å². The molecule has 0 saturated heterocycles. The molecule has 1 atom stereocenters.